The normalized spacial score (nSPS) is 13.8. The second-order valence-corrected chi connectivity index (χ2v) is 16.5. The van der Waals surface area contributed by atoms with Gasteiger partial charge in [0.25, 0.3) is 0 Å². The maximum absolute atomic E-state index is 15.0. The molecule has 0 saturated heterocycles. The zero-order valence-electron chi connectivity index (χ0n) is 18.0. The van der Waals surface area contributed by atoms with Crippen molar-refractivity contribution in [2.24, 2.45) is 0 Å². The fourth-order valence-electron chi connectivity index (χ4n) is 3.14. The fraction of sp³-hybridized carbons (Fsp3) is 0.280. The van der Waals surface area contributed by atoms with E-state index in [0.717, 1.165) is 16.2 Å². The smallest absolute Gasteiger partial charge is 0.193 e. The molecule has 0 saturated carbocycles. The van der Waals surface area contributed by atoms with Crippen molar-refractivity contribution >= 4 is 26.1 Å². The van der Waals surface area contributed by atoms with Crippen LogP contribution in [0.2, 0.25) is 18.1 Å². The lowest BCUT2D eigenvalue weighted by Crippen LogP contribution is -2.43. The Hall–Kier alpha value is -1.93. The Bertz CT molecular complexity index is 920. The van der Waals surface area contributed by atoms with Gasteiger partial charge < -0.3 is 8.99 Å². The van der Waals surface area contributed by atoms with Crippen LogP contribution in [0.3, 0.4) is 0 Å². The van der Waals surface area contributed by atoms with Crippen molar-refractivity contribution in [2.45, 2.75) is 44.7 Å². The molecule has 3 aromatic rings. The minimum absolute atomic E-state index is 0.0121. The van der Waals surface area contributed by atoms with Gasteiger partial charge in [0.05, 0.1) is 0 Å². The van der Waals surface area contributed by atoms with Gasteiger partial charge in [-0.15, -0.1) is 0 Å². The highest BCUT2D eigenvalue weighted by atomic mass is 31.2. The number of hydrogen-bond acceptors (Lipinski definition) is 2. The van der Waals surface area contributed by atoms with E-state index in [9.17, 15) is 0 Å². The molecule has 0 aromatic heterocycles. The maximum atomic E-state index is 15.0. The van der Waals surface area contributed by atoms with E-state index in [4.69, 9.17) is 4.43 Å². The molecular formula is C25H31O2PSi. The summed E-state index contributed by atoms with van der Waals surface area (Å²) in [6.45, 7) is 11.1. The molecule has 0 bridgehead atoms. The van der Waals surface area contributed by atoms with Crippen LogP contribution < -0.4 is 10.6 Å². The number of hydrogen-bond donors (Lipinski definition) is 0. The van der Waals surface area contributed by atoms with Crippen LogP contribution in [0.25, 0.3) is 0 Å². The van der Waals surface area contributed by atoms with Crippen LogP contribution in [0.1, 0.15) is 32.2 Å². The first-order valence-corrected chi connectivity index (χ1v) is 14.8. The van der Waals surface area contributed by atoms with Crippen molar-refractivity contribution in [3.63, 3.8) is 0 Å². The molecule has 0 radical (unpaired) electrons. The highest BCUT2D eigenvalue weighted by molar-refractivity contribution is 7.78. The fourth-order valence-corrected chi connectivity index (χ4v) is 8.24. The van der Waals surface area contributed by atoms with Gasteiger partial charge in [0.15, 0.2) is 15.5 Å². The van der Waals surface area contributed by atoms with Crippen LogP contribution in [0.15, 0.2) is 91.0 Å². The zero-order valence-corrected chi connectivity index (χ0v) is 19.9. The molecule has 4 heteroatoms. The summed E-state index contributed by atoms with van der Waals surface area (Å²) in [5, 5.41) is 1.68. The van der Waals surface area contributed by atoms with Crippen molar-refractivity contribution in [3.8, 4) is 0 Å². The average molecular weight is 423 g/mol. The molecule has 0 fully saturated rings. The first kappa shape index (κ1) is 21.8. The molecule has 0 aliphatic heterocycles. The van der Waals surface area contributed by atoms with Crippen LogP contribution in [-0.4, -0.2) is 8.32 Å². The molecule has 1 unspecified atom stereocenters. The number of benzene rings is 3. The summed E-state index contributed by atoms with van der Waals surface area (Å²) in [5.41, 5.74) is 0.966. The van der Waals surface area contributed by atoms with E-state index in [-0.39, 0.29) is 5.04 Å². The predicted molar refractivity (Wildman–Crippen MR) is 127 cm³/mol. The van der Waals surface area contributed by atoms with Gasteiger partial charge in [-0.1, -0.05) is 112 Å². The highest BCUT2D eigenvalue weighted by Gasteiger charge is 2.46. The third-order valence-electron chi connectivity index (χ3n) is 5.91. The Labute approximate surface area is 176 Å². The molecule has 29 heavy (non-hydrogen) atoms. The molecule has 0 heterocycles. The van der Waals surface area contributed by atoms with E-state index in [2.05, 4.69) is 33.9 Å². The molecule has 0 N–H and O–H groups in total. The molecule has 0 aliphatic rings. The largest absolute Gasteiger partial charge is 0.402 e. The third-order valence-corrected chi connectivity index (χ3v) is 13.7. The predicted octanol–water partition coefficient (Wildman–Crippen LogP) is 6.72. The first-order chi connectivity index (χ1) is 13.7. The monoisotopic (exact) mass is 422 g/mol. The van der Waals surface area contributed by atoms with Gasteiger partial charge in [0, 0.05) is 10.6 Å². The van der Waals surface area contributed by atoms with Gasteiger partial charge in [-0.3, -0.25) is 0 Å². The topological polar surface area (TPSA) is 26.3 Å². The summed E-state index contributed by atoms with van der Waals surface area (Å²) < 4.78 is 22.0. The summed E-state index contributed by atoms with van der Waals surface area (Å²) in [4.78, 5) is 0. The number of rotatable bonds is 6. The summed E-state index contributed by atoms with van der Waals surface area (Å²) in [7, 11) is -5.31. The van der Waals surface area contributed by atoms with Crippen LogP contribution in [-0.2, 0) is 8.99 Å². The van der Waals surface area contributed by atoms with Gasteiger partial charge in [0.2, 0.25) is 0 Å². The quantitative estimate of drug-likeness (QED) is 0.325. The average Bonchev–Trinajstić information content (AvgIpc) is 2.72. The Balaban J connectivity index is 2.26. The molecular weight excluding hydrogens is 391 g/mol. The molecule has 1 atom stereocenters. The minimum Gasteiger partial charge on any atom is -0.402 e. The van der Waals surface area contributed by atoms with E-state index < -0.39 is 21.3 Å². The Morgan fingerprint density at radius 2 is 1.10 bits per heavy atom. The standard InChI is InChI=1S/C25H31O2PSi/c1-25(2,3)29(4,5)27-24(21-15-9-6-10-16-21)28(26,22-17-11-7-12-18-22)23-19-13-8-14-20-23/h6-20,24H,1-5H3. The van der Waals surface area contributed by atoms with Crippen molar-refractivity contribution in [1.29, 1.82) is 0 Å². The Kier molecular flexibility index (Phi) is 6.33. The highest BCUT2D eigenvalue weighted by Crippen LogP contribution is 2.59. The molecule has 0 amide bonds. The lowest BCUT2D eigenvalue weighted by molar-refractivity contribution is 0.254. The van der Waals surface area contributed by atoms with E-state index in [0.29, 0.717) is 0 Å². The summed E-state index contributed by atoms with van der Waals surface area (Å²) in [6.07, 6.45) is 0. The van der Waals surface area contributed by atoms with E-state index in [1.54, 1.807) is 0 Å². The van der Waals surface area contributed by atoms with Crippen molar-refractivity contribution < 1.29 is 8.99 Å². The minimum atomic E-state index is -3.11. The van der Waals surface area contributed by atoms with Gasteiger partial charge in [-0.25, -0.2) is 0 Å². The SMILES string of the molecule is CC(C)(C)[Si](C)(C)OC(c1ccccc1)P(=O)(c1ccccc1)c1ccccc1. The van der Waals surface area contributed by atoms with Crippen LogP contribution in [0.5, 0.6) is 0 Å². The molecule has 2 nitrogen and oxygen atoms in total. The van der Waals surface area contributed by atoms with Crippen molar-refractivity contribution in [1.82, 2.24) is 0 Å². The van der Waals surface area contributed by atoms with Gasteiger partial charge >= 0.3 is 0 Å². The third kappa shape index (κ3) is 4.48. The Morgan fingerprint density at radius 3 is 1.48 bits per heavy atom. The zero-order chi connectivity index (χ0) is 21.1. The molecule has 3 aromatic carbocycles. The van der Waals surface area contributed by atoms with Gasteiger partial charge in [-0.05, 0) is 23.7 Å². The maximum Gasteiger partial charge on any atom is 0.193 e. The summed E-state index contributed by atoms with van der Waals surface area (Å²) in [5.74, 6) is -0.519. The van der Waals surface area contributed by atoms with Crippen molar-refractivity contribution in [3.05, 3.63) is 96.6 Å². The molecule has 0 aliphatic carbocycles. The van der Waals surface area contributed by atoms with E-state index in [1.165, 1.54) is 0 Å². The lowest BCUT2D eigenvalue weighted by atomic mass is 10.2. The molecule has 152 valence electrons. The van der Waals surface area contributed by atoms with E-state index in [1.807, 2.05) is 91.0 Å². The lowest BCUT2D eigenvalue weighted by Gasteiger charge is -2.41. The van der Waals surface area contributed by atoms with Crippen LogP contribution >= 0.6 is 7.14 Å². The van der Waals surface area contributed by atoms with Crippen LogP contribution in [0, 0.1) is 0 Å². The van der Waals surface area contributed by atoms with Crippen LogP contribution in [0.4, 0.5) is 0 Å². The van der Waals surface area contributed by atoms with Gasteiger partial charge in [-0.2, -0.15) is 0 Å². The van der Waals surface area contributed by atoms with E-state index >= 15 is 4.57 Å². The van der Waals surface area contributed by atoms with Gasteiger partial charge in [0.1, 0.15) is 5.85 Å². The molecule has 0 spiro atoms. The first-order valence-electron chi connectivity index (χ1n) is 10.1. The second-order valence-electron chi connectivity index (χ2n) is 8.97. The second kappa shape index (κ2) is 8.43. The summed E-state index contributed by atoms with van der Waals surface area (Å²) in [6, 6.07) is 29.7. The van der Waals surface area contributed by atoms with Crippen molar-refractivity contribution in [2.75, 3.05) is 0 Å². The molecule has 3 rings (SSSR count). The summed E-state index contributed by atoms with van der Waals surface area (Å²) >= 11 is 0. The Morgan fingerprint density at radius 1 is 0.724 bits per heavy atom.